The van der Waals surface area contributed by atoms with Crippen LogP contribution in [0.5, 0.6) is 0 Å². The highest BCUT2D eigenvalue weighted by molar-refractivity contribution is 6.06. The highest BCUT2D eigenvalue weighted by atomic mass is 16.6. The number of cyclic esters (lactones) is 1. The summed E-state index contributed by atoms with van der Waals surface area (Å²) in [7, 11) is 0. The Hall–Kier alpha value is -3.21. The van der Waals surface area contributed by atoms with E-state index in [0.29, 0.717) is 16.7 Å². The van der Waals surface area contributed by atoms with Crippen LogP contribution < -0.4 is 0 Å². The molecule has 0 fully saturated rings. The van der Waals surface area contributed by atoms with E-state index in [0.717, 1.165) is 6.08 Å². The minimum Gasteiger partial charge on any atom is -0.454 e. The van der Waals surface area contributed by atoms with E-state index in [2.05, 4.69) is 0 Å². The van der Waals surface area contributed by atoms with Gasteiger partial charge in [0.15, 0.2) is 12.4 Å². The van der Waals surface area contributed by atoms with Gasteiger partial charge in [0.2, 0.25) is 0 Å². The molecule has 0 aromatic heterocycles. The number of rotatable bonds is 4. The minimum absolute atomic E-state index is 0.128. The maximum atomic E-state index is 11.9. The number of ketones is 1. The number of carbonyl (C=O) groups is 3. The standard InChI is InChI=1S/C18H12O5/c19-15(12-6-2-1-3-7-12)11-22-17(20)10-16-13-8-4-5-9-14(13)18(21)23-16/h1-10H,11H2/b16-10-. The third-order valence-electron chi connectivity index (χ3n) is 3.31. The van der Waals surface area contributed by atoms with Gasteiger partial charge in [-0.2, -0.15) is 0 Å². The van der Waals surface area contributed by atoms with Crippen molar-refractivity contribution in [2.45, 2.75) is 0 Å². The number of benzene rings is 2. The fourth-order valence-electron chi connectivity index (χ4n) is 2.19. The summed E-state index contributed by atoms with van der Waals surface area (Å²) in [5, 5.41) is 0. The molecule has 0 spiro atoms. The van der Waals surface area contributed by atoms with Gasteiger partial charge in [0.05, 0.1) is 11.6 Å². The molecule has 1 aliphatic heterocycles. The Morgan fingerprint density at radius 2 is 1.61 bits per heavy atom. The molecule has 5 heteroatoms. The van der Waals surface area contributed by atoms with Gasteiger partial charge in [-0.3, -0.25) is 4.79 Å². The fourth-order valence-corrected chi connectivity index (χ4v) is 2.19. The predicted octanol–water partition coefficient (Wildman–Crippen LogP) is 2.62. The molecule has 114 valence electrons. The van der Waals surface area contributed by atoms with Crippen LogP contribution in [0.3, 0.4) is 0 Å². The van der Waals surface area contributed by atoms with Gasteiger partial charge in [-0.05, 0) is 6.07 Å². The molecule has 2 aromatic carbocycles. The lowest BCUT2D eigenvalue weighted by Gasteiger charge is -2.02. The fraction of sp³-hybridized carbons (Fsp3) is 0.0556. The summed E-state index contributed by atoms with van der Waals surface area (Å²) in [6.45, 7) is -0.373. The van der Waals surface area contributed by atoms with Crippen LogP contribution in [0.1, 0.15) is 26.3 Å². The van der Waals surface area contributed by atoms with Crippen LogP contribution in [0, 0.1) is 0 Å². The predicted molar refractivity (Wildman–Crippen MR) is 81.6 cm³/mol. The number of Topliss-reactive ketones (excluding diaryl/α,β-unsaturated/α-hetero) is 1. The van der Waals surface area contributed by atoms with Gasteiger partial charge < -0.3 is 9.47 Å². The molecule has 0 N–H and O–H groups in total. The van der Waals surface area contributed by atoms with Crippen molar-refractivity contribution in [3.8, 4) is 0 Å². The molecule has 1 aliphatic rings. The monoisotopic (exact) mass is 308 g/mol. The topological polar surface area (TPSA) is 69.7 Å². The SMILES string of the molecule is O=C(/C=C1\OC(=O)c2ccccc21)OCC(=O)c1ccccc1. The largest absolute Gasteiger partial charge is 0.454 e. The summed E-state index contributed by atoms with van der Waals surface area (Å²) in [6, 6.07) is 15.3. The molecule has 23 heavy (non-hydrogen) atoms. The zero-order chi connectivity index (χ0) is 16.2. The van der Waals surface area contributed by atoms with Gasteiger partial charge in [-0.1, -0.05) is 48.5 Å². The third-order valence-corrected chi connectivity index (χ3v) is 3.31. The molecule has 0 bridgehead atoms. The highest BCUT2D eigenvalue weighted by Crippen LogP contribution is 2.29. The number of ether oxygens (including phenoxy) is 2. The summed E-state index contributed by atoms with van der Waals surface area (Å²) in [6.07, 6.45) is 1.07. The summed E-state index contributed by atoms with van der Waals surface area (Å²) >= 11 is 0. The van der Waals surface area contributed by atoms with Crippen LogP contribution in [0.4, 0.5) is 0 Å². The molecule has 0 aliphatic carbocycles. The van der Waals surface area contributed by atoms with Gasteiger partial charge in [-0.15, -0.1) is 0 Å². The first-order valence-electron chi connectivity index (χ1n) is 6.93. The third kappa shape index (κ3) is 3.18. The lowest BCUT2D eigenvalue weighted by molar-refractivity contribution is -0.136. The Balaban J connectivity index is 1.66. The van der Waals surface area contributed by atoms with Crippen molar-refractivity contribution in [3.05, 3.63) is 77.4 Å². The Kier molecular flexibility index (Phi) is 4.01. The quantitative estimate of drug-likeness (QED) is 0.493. The number of hydrogen-bond donors (Lipinski definition) is 0. The van der Waals surface area contributed by atoms with E-state index in [1.807, 2.05) is 0 Å². The second-order valence-electron chi connectivity index (χ2n) is 4.84. The van der Waals surface area contributed by atoms with Gasteiger partial charge >= 0.3 is 11.9 Å². The van der Waals surface area contributed by atoms with E-state index >= 15 is 0 Å². The van der Waals surface area contributed by atoms with Crippen molar-refractivity contribution < 1.29 is 23.9 Å². The number of hydrogen-bond acceptors (Lipinski definition) is 5. The average Bonchev–Trinajstić information content (AvgIpc) is 2.90. The molecule has 0 saturated heterocycles. The molecule has 0 atom stereocenters. The van der Waals surface area contributed by atoms with E-state index in [1.54, 1.807) is 54.6 Å². The van der Waals surface area contributed by atoms with Gasteiger partial charge in [0.1, 0.15) is 5.76 Å². The summed E-state index contributed by atoms with van der Waals surface area (Å²) < 4.78 is 9.94. The van der Waals surface area contributed by atoms with Crippen molar-refractivity contribution in [3.63, 3.8) is 0 Å². The van der Waals surface area contributed by atoms with Crippen molar-refractivity contribution in [2.75, 3.05) is 6.61 Å². The van der Waals surface area contributed by atoms with Gasteiger partial charge in [0.25, 0.3) is 0 Å². The Morgan fingerprint density at radius 3 is 2.35 bits per heavy atom. The molecule has 2 aromatic rings. The molecule has 0 saturated carbocycles. The molecular weight excluding hydrogens is 296 g/mol. The first-order chi connectivity index (χ1) is 11.1. The zero-order valence-electron chi connectivity index (χ0n) is 12.0. The Morgan fingerprint density at radius 1 is 0.957 bits per heavy atom. The second kappa shape index (κ2) is 6.27. The number of fused-ring (bicyclic) bond motifs is 1. The van der Waals surface area contributed by atoms with E-state index in [4.69, 9.17) is 9.47 Å². The summed E-state index contributed by atoms with van der Waals surface area (Å²) in [5.74, 6) is -1.43. The Labute approximate surface area is 132 Å². The van der Waals surface area contributed by atoms with Crippen LogP contribution in [0.25, 0.3) is 5.76 Å². The number of esters is 2. The molecule has 1 heterocycles. The first-order valence-corrected chi connectivity index (χ1v) is 6.93. The highest BCUT2D eigenvalue weighted by Gasteiger charge is 2.26. The van der Waals surface area contributed by atoms with Crippen LogP contribution in [0.2, 0.25) is 0 Å². The lowest BCUT2D eigenvalue weighted by Crippen LogP contribution is -2.12. The average molecular weight is 308 g/mol. The van der Waals surface area contributed by atoms with E-state index < -0.39 is 11.9 Å². The molecular formula is C18H12O5. The minimum atomic E-state index is -0.742. The van der Waals surface area contributed by atoms with Crippen molar-refractivity contribution in [2.24, 2.45) is 0 Å². The van der Waals surface area contributed by atoms with Crippen molar-refractivity contribution in [1.29, 1.82) is 0 Å². The van der Waals surface area contributed by atoms with Crippen LogP contribution in [0.15, 0.2) is 60.7 Å². The molecule has 0 unspecified atom stereocenters. The lowest BCUT2D eigenvalue weighted by atomic mass is 10.1. The van der Waals surface area contributed by atoms with Crippen LogP contribution in [-0.4, -0.2) is 24.3 Å². The normalized spacial score (nSPS) is 14.3. The van der Waals surface area contributed by atoms with E-state index in [1.165, 1.54) is 0 Å². The van der Waals surface area contributed by atoms with E-state index in [-0.39, 0.29) is 18.1 Å². The molecule has 0 radical (unpaired) electrons. The summed E-state index contributed by atoms with van der Waals surface area (Å²) in [4.78, 5) is 35.3. The molecule has 0 amide bonds. The summed E-state index contributed by atoms with van der Waals surface area (Å²) in [5.41, 5.74) is 1.39. The van der Waals surface area contributed by atoms with Gasteiger partial charge in [0, 0.05) is 11.1 Å². The molecule has 5 nitrogen and oxygen atoms in total. The Bertz CT molecular complexity index is 805. The molecule has 3 rings (SSSR count). The smallest absolute Gasteiger partial charge is 0.344 e. The second-order valence-corrected chi connectivity index (χ2v) is 4.84. The first kappa shape index (κ1) is 14.7. The van der Waals surface area contributed by atoms with Crippen molar-refractivity contribution in [1.82, 2.24) is 0 Å². The maximum Gasteiger partial charge on any atom is 0.344 e. The van der Waals surface area contributed by atoms with Crippen LogP contribution in [-0.2, 0) is 14.3 Å². The number of carbonyl (C=O) groups excluding carboxylic acids is 3. The zero-order valence-corrected chi connectivity index (χ0v) is 12.0. The van der Waals surface area contributed by atoms with E-state index in [9.17, 15) is 14.4 Å². The van der Waals surface area contributed by atoms with Crippen molar-refractivity contribution >= 4 is 23.5 Å². The van der Waals surface area contributed by atoms with Crippen LogP contribution >= 0.6 is 0 Å². The van der Waals surface area contributed by atoms with Gasteiger partial charge in [-0.25, -0.2) is 9.59 Å². The maximum absolute atomic E-state index is 11.9.